The molecule has 1 aliphatic heterocycles. The molecule has 0 bridgehead atoms. The molecule has 1 aromatic carbocycles. The fraction of sp³-hybridized carbons (Fsp3) is 0.381. The largest absolute Gasteiger partial charge is 0.350 e. The molecular weight excluding hydrogens is 406 g/mol. The molecule has 3 heterocycles. The van der Waals surface area contributed by atoms with Crippen LogP contribution >= 0.6 is 11.3 Å². The normalized spacial score (nSPS) is 15.6. The summed E-state index contributed by atoms with van der Waals surface area (Å²) in [5.74, 6) is -0.257. The van der Waals surface area contributed by atoms with E-state index in [0.29, 0.717) is 25.3 Å². The summed E-state index contributed by atoms with van der Waals surface area (Å²) in [6.45, 7) is 1.60. The Balaban J connectivity index is 1.42. The molecule has 1 saturated heterocycles. The van der Waals surface area contributed by atoms with E-state index in [-0.39, 0.29) is 10.8 Å². The maximum Gasteiger partial charge on any atom is 0.267 e. The van der Waals surface area contributed by atoms with Gasteiger partial charge in [-0.3, -0.25) is 4.79 Å². The Kier molecular flexibility index (Phi) is 5.76. The summed E-state index contributed by atoms with van der Waals surface area (Å²) in [6.07, 6.45) is 5.10. The SMILES string of the molecule is Cn1cc(S(=O)(=O)N2CCCCC2)cc1C(=O)NCCc1csc2ccccc12. The Hall–Kier alpha value is -2.16. The number of hydrogen-bond acceptors (Lipinski definition) is 4. The average molecular weight is 432 g/mol. The van der Waals surface area contributed by atoms with E-state index >= 15 is 0 Å². The van der Waals surface area contributed by atoms with Gasteiger partial charge in [0.1, 0.15) is 10.6 Å². The molecule has 6 nitrogen and oxygen atoms in total. The summed E-state index contributed by atoms with van der Waals surface area (Å²) in [5, 5.41) is 6.27. The van der Waals surface area contributed by atoms with E-state index in [2.05, 4.69) is 22.8 Å². The van der Waals surface area contributed by atoms with Crippen LogP contribution in [0.15, 0.2) is 46.8 Å². The number of fused-ring (bicyclic) bond motifs is 1. The van der Waals surface area contributed by atoms with Crippen LogP contribution in [-0.2, 0) is 23.5 Å². The molecule has 3 aromatic rings. The van der Waals surface area contributed by atoms with Gasteiger partial charge in [0.2, 0.25) is 10.0 Å². The van der Waals surface area contributed by atoms with Crippen molar-refractivity contribution in [1.82, 2.24) is 14.2 Å². The Labute approximate surface area is 175 Å². The van der Waals surface area contributed by atoms with Crippen molar-refractivity contribution in [3.63, 3.8) is 0 Å². The monoisotopic (exact) mass is 431 g/mol. The highest BCUT2D eigenvalue weighted by atomic mass is 32.2. The maximum absolute atomic E-state index is 12.9. The van der Waals surface area contributed by atoms with Gasteiger partial charge in [-0.1, -0.05) is 24.6 Å². The zero-order valence-electron chi connectivity index (χ0n) is 16.4. The molecule has 8 heteroatoms. The fourth-order valence-corrected chi connectivity index (χ4v) is 6.37. The molecule has 1 N–H and O–H groups in total. The Morgan fingerprint density at radius 2 is 1.93 bits per heavy atom. The number of thiophene rings is 1. The summed E-state index contributed by atoms with van der Waals surface area (Å²) in [7, 11) is -1.84. The molecule has 1 amide bonds. The number of piperidine rings is 1. The predicted molar refractivity (Wildman–Crippen MR) is 116 cm³/mol. The zero-order valence-corrected chi connectivity index (χ0v) is 18.1. The van der Waals surface area contributed by atoms with Gasteiger partial charge in [-0.2, -0.15) is 4.31 Å². The van der Waals surface area contributed by atoms with Crippen molar-refractivity contribution < 1.29 is 13.2 Å². The second kappa shape index (κ2) is 8.30. The van der Waals surface area contributed by atoms with Crippen LogP contribution in [0.2, 0.25) is 0 Å². The van der Waals surface area contributed by atoms with Crippen LogP contribution in [0.4, 0.5) is 0 Å². The van der Waals surface area contributed by atoms with Crippen molar-refractivity contribution in [3.05, 3.63) is 53.2 Å². The zero-order chi connectivity index (χ0) is 20.4. The third-order valence-corrected chi connectivity index (χ3v) is 8.28. The lowest BCUT2D eigenvalue weighted by molar-refractivity contribution is 0.0946. The number of aryl methyl sites for hydroxylation is 1. The standard InChI is InChI=1S/C21H25N3O3S2/c1-23-14-17(29(26,27)24-11-5-2-6-12-24)13-19(23)21(25)22-10-9-16-15-28-20-8-4-3-7-18(16)20/h3-4,7-8,13-15H,2,5-6,9-12H2,1H3,(H,22,25). The van der Waals surface area contributed by atoms with E-state index < -0.39 is 10.0 Å². The van der Waals surface area contributed by atoms with Crippen LogP contribution < -0.4 is 5.32 Å². The van der Waals surface area contributed by atoms with Crippen LogP contribution in [0.1, 0.15) is 35.3 Å². The summed E-state index contributed by atoms with van der Waals surface area (Å²) in [5.41, 5.74) is 1.57. The van der Waals surface area contributed by atoms with Crippen molar-refractivity contribution in [2.24, 2.45) is 7.05 Å². The van der Waals surface area contributed by atoms with Gasteiger partial charge in [-0.25, -0.2) is 8.42 Å². The third-order valence-electron chi connectivity index (χ3n) is 5.41. The van der Waals surface area contributed by atoms with Crippen molar-refractivity contribution in [2.45, 2.75) is 30.6 Å². The van der Waals surface area contributed by atoms with Crippen molar-refractivity contribution in [3.8, 4) is 0 Å². The number of nitrogens with zero attached hydrogens (tertiary/aromatic N) is 2. The Morgan fingerprint density at radius 3 is 2.72 bits per heavy atom. The molecule has 4 rings (SSSR count). The number of sulfonamides is 1. The quantitative estimate of drug-likeness (QED) is 0.650. The number of aromatic nitrogens is 1. The van der Waals surface area contributed by atoms with E-state index in [0.717, 1.165) is 25.7 Å². The van der Waals surface area contributed by atoms with E-state index in [1.165, 1.54) is 32.2 Å². The highest BCUT2D eigenvalue weighted by molar-refractivity contribution is 7.89. The second-order valence-electron chi connectivity index (χ2n) is 7.40. The number of nitrogens with one attached hydrogen (secondary N) is 1. The molecule has 1 aliphatic rings. The fourth-order valence-electron chi connectivity index (χ4n) is 3.78. The molecule has 0 radical (unpaired) electrons. The molecule has 0 atom stereocenters. The predicted octanol–water partition coefficient (Wildman–Crippen LogP) is 3.39. The molecule has 1 fully saturated rings. The van der Waals surface area contributed by atoms with Crippen molar-refractivity contribution in [1.29, 1.82) is 0 Å². The van der Waals surface area contributed by atoms with Crippen molar-refractivity contribution in [2.75, 3.05) is 19.6 Å². The molecule has 2 aromatic heterocycles. The van der Waals surface area contributed by atoms with Crippen molar-refractivity contribution >= 4 is 37.4 Å². The summed E-state index contributed by atoms with van der Waals surface area (Å²) >= 11 is 1.70. The van der Waals surface area contributed by atoms with E-state index in [9.17, 15) is 13.2 Å². The van der Waals surface area contributed by atoms with Crippen LogP contribution in [0.3, 0.4) is 0 Å². The van der Waals surface area contributed by atoms with Gasteiger partial charge in [0.25, 0.3) is 5.91 Å². The topological polar surface area (TPSA) is 71.4 Å². The molecule has 29 heavy (non-hydrogen) atoms. The maximum atomic E-state index is 12.9. The lowest BCUT2D eigenvalue weighted by atomic mass is 10.1. The lowest BCUT2D eigenvalue weighted by Crippen LogP contribution is -2.35. The van der Waals surface area contributed by atoms with Gasteiger partial charge in [0.15, 0.2) is 0 Å². The molecule has 0 unspecified atom stereocenters. The minimum atomic E-state index is -3.54. The first kappa shape index (κ1) is 20.1. The first-order chi connectivity index (χ1) is 14.0. The van der Waals surface area contributed by atoms with Crippen LogP contribution in [0.5, 0.6) is 0 Å². The average Bonchev–Trinajstić information content (AvgIpc) is 3.33. The highest BCUT2D eigenvalue weighted by Gasteiger charge is 2.28. The molecular formula is C21H25N3O3S2. The van der Waals surface area contributed by atoms with Crippen LogP contribution in [-0.4, -0.2) is 42.8 Å². The van der Waals surface area contributed by atoms with Crippen LogP contribution in [0.25, 0.3) is 10.1 Å². The summed E-state index contributed by atoms with van der Waals surface area (Å²) in [6, 6.07) is 9.72. The first-order valence-corrected chi connectivity index (χ1v) is 12.2. The minimum Gasteiger partial charge on any atom is -0.350 e. The number of hydrogen-bond donors (Lipinski definition) is 1. The number of carbonyl (C=O) groups excluding carboxylic acids is 1. The van der Waals surface area contributed by atoms with Gasteiger partial charge < -0.3 is 9.88 Å². The van der Waals surface area contributed by atoms with E-state index in [4.69, 9.17) is 0 Å². The Bertz CT molecular complexity index is 1130. The molecule has 154 valence electrons. The third kappa shape index (κ3) is 4.10. The Morgan fingerprint density at radius 1 is 1.17 bits per heavy atom. The first-order valence-electron chi connectivity index (χ1n) is 9.86. The smallest absolute Gasteiger partial charge is 0.267 e. The molecule has 0 saturated carbocycles. The number of benzene rings is 1. The van der Waals surface area contributed by atoms with Gasteiger partial charge in [0.05, 0.1) is 0 Å². The van der Waals surface area contributed by atoms with Gasteiger partial charge in [0, 0.05) is 37.6 Å². The minimum absolute atomic E-state index is 0.191. The number of amides is 1. The lowest BCUT2D eigenvalue weighted by Gasteiger charge is -2.25. The molecule has 0 aliphatic carbocycles. The molecule has 0 spiro atoms. The second-order valence-corrected chi connectivity index (χ2v) is 10.2. The number of carbonyl (C=O) groups is 1. The summed E-state index contributed by atoms with van der Waals surface area (Å²) < 4.78 is 30.1. The van der Waals surface area contributed by atoms with E-state index in [1.807, 2.05) is 12.1 Å². The summed E-state index contributed by atoms with van der Waals surface area (Å²) in [4.78, 5) is 12.8. The van der Waals surface area contributed by atoms with Gasteiger partial charge >= 0.3 is 0 Å². The van der Waals surface area contributed by atoms with Crippen LogP contribution in [0, 0.1) is 0 Å². The highest BCUT2D eigenvalue weighted by Crippen LogP contribution is 2.26. The van der Waals surface area contributed by atoms with E-state index in [1.54, 1.807) is 23.0 Å². The number of rotatable bonds is 6. The van der Waals surface area contributed by atoms with Gasteiger partial charge in [-0.15, -0.1) is 11.3 Å². The van der Waals surface area contributed by atoms with Gasteiger partial charge in [-0.05, 0) is 47.7 Å².